The molecule has 0 saturated heterocycles. The summed E-state index contributed by atoms with van der Waals surface area (Å²) in [5.41, 5.74) is 2.85. The average Bonchev–Trinajstić information content (AvgIpc) is 3.18. The number of benzene rings is 2. The van der Waals surface area contributed by atoms with Crippen LogP contribution in [0.25, 0.3) is 5.69 Å². The number of nitriles is 1. The van der Waals surface area contributed by atoms with Crippen LogP contribution in [0.15, 0.2) is 36.4 Å². The third kappa shape index (κ3) is 4.55. The molecule has 0 saturated carbocycles. The lowest BCUT2D eigenvalue weighted by Gasteiger charge is -2.15. The van der Waals surface area contributed by atoms with Crippen LogP contribution >= 0.6 is 23.2 Å². The smallest absolute Gasteiger partial charge is 0.274 e. The largest absolute Gasteiger partial charge is 0.355 e. The summed E-state index contributed by atoms with van der Waals surface area (Å²) < 4.78 is 1.45. The normalized spacial score (nSPS) is 10.5. The lowest BCUT2D eigenvalue weighted by molar-refractivity contribution is 0.0964. The first-order chi connectivity index (χ1) is 14.8. The number of anilines is 1. The second-order valence-electron chi connectivity index (χ2n) is 6.74. The number of halogens is 2. The number of nitrogens with one attached hydrogen (secondary N) is 2. The van der Waals surface area contributed by atoms with E-state index in [-0.39, 0.29) is 11.3 Å². The predicted molar refractivity (Wildman–Crippen MR) is 120 cm³/mol. The summed E-state index contributed by atoms with van der Waals surface area (Å²) in [5.74, 6) is -0.893. The van der Waals surface area contributed by atoms with E-state index in [0.29, 0.717) is 44.7 Å². The van der Waals surface area contributed by atoms with Crippen LogP contribution in [0, 0.1) is 18.3 Å². The van der Waals surface area contributed by atoms with Gasteiger partial charge in [0, 0.05) is 12.1 Å². The number of rotatable bonds is 5. The number of aromatic nitrogens is 2. The molecule has 0 fully saturated rings. The average molecular weight is 456 g/mol. The van der Waals surface area contributed by atoms with Gasteiger partial charge in [0.1, 0.15) is 5.69 Å². The molecule has 0 spiro atoms. The lowest BCUT2D eigenvalue weighted by atomic mass is 10.0. The highest BCUT2D eigenvalue weighted by Gasteiger charge is 2.22. The molecule has 0 radical (unpaired) electrons. The molecular weight excluding hydrogens is 437 g/mol. The molecule has 31 heavy (non-hydrogen) atoms. The minimum absolute atomic E-state index is 0.193. The third-order valence-corrected chi connectivity index (χ3v) is 5.21. The molecule has 158 valence electrons. The Balaban J connectivity index is 2.09. The highest BCUT2D eigenvalue weighted by Crippen LogP contribution is 2.27. The molecule has 0 aliphatic rings. The highest BCUT2D eigenvalue weighted by atomic mass is 35.5. The fourth-order valence-electron chi connectivity index (χ4n) is 3.11. The van der Waals surface area contributed by atoms with Gasteiger partial charge in [-0.3, -0.25) is 9.59 Å². The first kappa shape index (κ1) is 22.3. The zero-order chi connectivity index (χ0) is 22.7. The van der Waals surface area contributed by atoms with E-state index in [2.05, 4.69) is 15.7 Å². The molecule has 2 aromatic carbocycles. The summed E-state index contributed by atoms with van der Waals surface area (Å²) in [6.07, 6.45) is 0.609. The first-order valence-electron chi connectivity index (χ1n) is 9.41. The van der Waals surface area contributed by atoms with Gasteiger partial charge in [0.15, 0.2) is 0 Å². The van der Waals surface area contributed by atoms with Crippen molar-refractivity contribution in [1.82, 2.24) is 15.1 Å². The molecule has 2 amide bonds. The third-order valence-electron chi connectivity index (χ3n) is 4.67. The van der Waals surface area contributed by atoms with Crippen molar-refractivity contribution in [2.24, 2.45) is 0 Å². The molecular formula is C22H19Cl2N5O2. The van der Waals surface area contributed by atoms with Crippen LogP contribution in [0.2, 0.25) is 10.0 Å². The van der Waals surface area contributed by atoms with Crippen LogP contribution in [-0.4, -0.2) is 28.6 Å². The Morgan fingerprint density at radius 3 is 2.52 bits per heavy atom. The highest BCUT2D eigenvalue weighted by molar-refractivity contribution is 6.35. The standard InChI is InChI=1S/C22H19Cl2N5O2/c1-4-15-10-19(29(28-15)18-6-5-14(23)9-17(18)24)22(31)27-20-12(2)7-13(11-25)8-16(20)21(30)26-3/h5-10H,4H2,1-3H3,(H,26,30)(H,27,31). The van der Waals surface area contributed by atoms with Crippen LogP contribution in [0.1, 0.15) is 44.6 Å². The topological polar surface area (TPSA) is 99.8 Å². The number of carbonyl (C=O) groups is 2. The van der Waals surface area contributed by atoms with Crippen LogP contribution in [0.4, 0.5) is 5.69 Å². The second-order valence-corrected chi connectivity index (χ2v) is 7.59. The van der Waals surface area contributed by atoms with Crippen LogP contribution in [0.5, 0.6) is 0 Å². The van der Waals surface area contributed by atoms with Crippen molar-refractivity contribution < 1.29 is 9.59 Å². The molecule has 3 rings (SSSR count). The van der Waals surface area contributed by atoms with Gasteiger partial charge in [0.2, 0.25) is 0 Å². The van der Waals surface area contributed by atoms with E-state index in [1.54, 1.807) is 37.3 Å². The van der Waals surface area contributed by atoms with Crippen molar-refractivity contribution in [1.29, 1.82) is 5.26 Å². The molecule has 0 bridgehead atoms. The van der Waals surface area contributed by atoms with Gasteiger partial charge in [-0.2, -0.15) is 10.4 Å². The second kappa shape index (κ2) is 9.21. The van der Waals surface area contributed by atoms with Gasteiger partial charge < -0.3 is 10.6 Å². The predicted octanol–water partition coefficient (Wildman–Crippen LogP) is 4.53. The minimum Gasteiger partial charge on any atom is -0.355 e. The van der Waals surface area contributed by atoms with E-state index in [4.69, 9.17) is 23.2 Å². The van der Waals surface area contributed by atoms with Gasteiger partial charge in [-0.15, -0.1) is 0 Å². The van der Waals surface area contributed by atoms with Crippen molar-refractivity contribution in [3.05, 3.63) is 74.5 Å². The summed E-state index contributed by atoms with van der Waals surface area (Å²) in [6.45, 7) is 3.64. The Morgan fingerprint density at radius 1 is 1.16 bits per heavy atom. The minimum atomic E-state index is -0.476. The monoisotopic (exact) mass is 455 g/mol. The summed E-state index contributed by atoms with van der Waals surface area (Å²) in [5, 5.41) is 19.8. The maximum absolute atomic E-state index is 13.2. The Bertz CT molecular complexity index is 1230. The molecule has 0 unspecified atom stereocenters. The summed E-state index contributed by atoms with van der Waals surface area (Å²) >= 11 is 12.3. The number of aryl methyl sites for hydroxylation is 2. The first-order valence-corrected chi connectivity index (χ1v) is 10.2. The molecule has 9 heteroatoms. The lowest BCUT2D eigenvalue weighted by Crippen LogP contribution is -2.23. The molecule has 0 aliphatic heterocycles. The Morgan fingerprint density at radius 2 is 1.90 bits per heavy atom. The fraction of sp³-hybridized carbons (Fsp3) is 0.182. The van der Waals surface area contributed by atoms with Crippen molar-refractivity contribution in [2.75, 3.05) is 12.4 Å². The molecule has 1 heterocycles. The zero-order valence-electron chi connectivity index (χ0n) is 17.1. The number of carbonyl (C=O) groups excluding carboxylic acids is 2. The molecule has 3 aromatic rings. The molecule has 7 nitrogen and oxygen atoms in total. The molecule has 2 N–H and O–H groups in total. The van der Waals surface area contributed by atoms with E-state index < -0.39 is 11.8 Å². The summed E-state index contributed by atoms with van der Waals surface area (Å²) in [6, 6.07) is 11.6. The quantitative estimate of drug-likeness (QED) is 0.589. The molecule has 0 atom stereocenters. The van der Waals surface area contributed by atoms with Crippen molar-refractivity contribution in [3.63, 3.8) is 0 Å². The summed E-state index contributed by atoms with van der Waals surface area (Å²) in [4.78, 5) is 25.6. The maximum Gasteiger partial charge on any atom is 0.274 e. The van der Waals surface area contributed by atoms with Crippen molar-refractivity contribution >= 4 is 40.7 Å². The van der Waals surface area contributed by atoms with E-state index in [1.165, 1.54) is 17.8 Å². The maximum atomic E-state index is 13.2. The van der Waals surface area contributed by atoms with E-state index >= 15 is 0 Å². The van der Waals surface area contributed by atoms with Gasteiger partial charge >= 0.3 is 0 Å². The molecule has 1 aromatic heterocycles. The SMILES string of the molecule is CCc1cc(C(=O)Nc2c(C)cc(C#N)cc2C(=O)NC)n(-c2ccc(Cl)cc2Cl)n1. The number of amides is 2. The fourth-order valence-corrected chi connectivity index (χ4v) is 3.60. The number of hydrogen-bond donors (Lipinski definition) is 2. The van der Waals surface area contributed by atoms with Crippen molar-refractivity contribution in [2.45, 2.75) is 20.3 Å². The Kier molecular flexibility index (Phi) is 6.64. The number of hydrogen-bond acceptors (Lipinski definition) is 4. The van der Waals surface area contributed by atoms with Gasteiger partial charge in [-0.1, -0.05) is 30.1 Å². The van der Waals surface area contributed by atoms with E-state index in [0.717, 1.165) is 0 Å². The molecule has 0 aliphatic carbocycles. The Hall–Kier alpha value is -3.34. The van der Waals surface area contributed by atoms with E-state index in [9.17, 15) is 14.9 Å². The van der Waals surface area contributed by atoms with E-state index in [1.807, 2.05) is 13.0 Å². The van der Waals surface area contributed by atoms with Gasteiger partial charge in [-0.05, 0) is 55.3 Å². The number of nitrogens with zero attached hydrogens (tertiary/aromatic N) is 3. The Labute approximate surface area is 189 Å². The summed E-state index contributed by atoms with van der Waals surface area (Å²) in [7, 11) is 1.48. The van der Waals surface area contributed by atoms with Crippen LogP contribution in [0.3, 0.4) is 0 Å². The van der Waals surface area contributed by atoms with Gasteiger partial charge in [0.25, 0.3) is 11.8 Å². The van der Waals surface area contributed by atoms with Crippen LogP contribution in [-0.2, 0) is 6.42 Å². The van der Waals surface area contributed by atoms with Gasteiger partial charge in [-0.25, -0.2) is 4.68 Å². The zero-order valence-corrected chi connectivity index (χ0v) is 18.6. The van der Waals surface area contributed by atoms with Crippen LogP contribution < -0.4 is 10.6 Å². The van der Waals surface area contributed by atoms with Crippen molar-refractivity contribution in [3.8, 4) is 11.8 Å². The van der Waals surface area contributed by atoms with Gasteiger partial charge in [0.05, 0.1) is 39.3 Å².